The van der Waals surface area contributed by atoms with Crippen LogP contribution >= 0.6 is 0 Å². The summed E-state index contributed by atoms with van der Waals surface area (Å²) in [6, 6.07) is 4.93. The minimum Gasteiger partial charge on any atom is -0.504 e. The first-order valence-electron chi connectivity index (χ1n) is 16.0. The van der Waals surface area contributed by atoms with Crippen LogP contribution < -0.4 is 10.6 Å². The van der Waals surface area contributed by atoms with Gasteiger partial charge in [0.15, 0.2) is 17.2 Å². The minimum atomic E-state index is -1.71. The Morgan fingerprint density at radius 3 is 2.35 bits per heavy atom. The van der Waals surface area contributed by atoms with Crippen molar-refractivity contribution in [3.05, 3.63) is 18.3 Å². The lowest BCUT2D eigenvalue weighted by molar-refractivity contribution is -0.141. The average molecular weight is 647 g/mol. The van der Waals surface area contributed by atoms with Gasteiger partial charge in [0.25, 0.3) is 5.91 Å². The Hall–Kier alpha value is -3.75. The monoisotopic (exact) mass is 646 g/mol. The van der Waals surface area contributed by atoms with E-state index in [4.69, 9.17) is 10.4 Å². The van der Waals surface area contributed by atoms with Crippen molar-refractivity contribution in [2.75, 3.05) is 31.5 Å². The number of hydrogen-bond donors (Lipinski definition) is 3. The minimum absolute atomic E-state index is 0. The number of alkyl halides is 1. The predicted octanol–water partition coefficient (Wildman–Crippen LogP) is 4.92. The van der Waals surface area contributed by atoms with E-state index in [-0.39, 0.29) is 37.5 Å². The number of carbonyl (C=O) groups is 4. The van der Waals surface area contributed by atoms with E-state index in [9.17, 15) is 23.6 Å². The van der Waals surface area contributed by atoms with Gasteiger partial charge in [-0.3, -0.25) is 19.2 Å². The Kier molecular flexibility index (Phi) is 17.2. The van der Waals surface area contributed by atoms with E-state index in [1.165, 1.54) is 31.5 Å². The number of amides is 4. The third-order valence-electron chi connectivity index (χ3n) is 8.58. The number of anilines is 1. The molecule has 2 saturated carbocycles. The molecular formula is C34H55FN6O5. The molecule has 12 heteroatoms. The molecule has 11 nitrogen and oxygen atoms in total. The van der Waals surface area contributed by atoms with Crippen LogP contribution in [0.25, 0.3) is 0 Å². The summed E-state index contributed by atoms with van der Waals surface area (Å²) >= 11 is 0. The Balaban J connectivity index is 0.000000356. The van der Waals surface area contributed by atoms with Gasteiger partial charge in [0.05, 0.1) is 12.6 Å². The number of nitrogens with one attached hydrogen (secondary N) is 2. The zero-order chi connectivity index (χ0) is 33.6. The van der Waals surface area contributed by atoms with Gasteiger partial charge in [0, 0.05) is 25.8 Å². The number of aromatic nitrogens is 1. The molecule has 0 bridgehead atoms. The molecule has 258 valence electrons. The quantitative estimate of drug-likeness (QED) is 0.371. The molecule has 2 saturated heterocycles. The van der Waals surface area contributed by atoms with E-state index in [1.54, 1.807) is 11.0 Å². The van der Waals surface area contributed by atoms with Crippen molar-refractivity contribution < 1.29 is 28.7 Å². The maximum Gasteiger partial charge on any atom is 0.258 e. The Labute approximate surface area is 274 Å². The third-order valence-corrected chi connectivity index (χ3v) is 8.58. The summed E-state index contributed by atoms with van der Waals surface area (Å²) in [4.78, 5) is 51.2. The van der Waals surface area contributed by atoms with Crippen LogP contribution in [0.3, 0.4) is 0 Å². The molecule has 0 aromatic carbocycles. The van der Waals surface area contributed by atoms with Gasteiger partial charge >= 0.3 is 0 Å². The number of nitrogens with zero attached hydrogens (tertiary/aromatic N) is 4. The zero-order valence-electron chi connectivity index (χ0n) is 27.4. The van der Waals surface area contributed by atoms with Crippen molar-refractivity contribution in [3.63, 3.8) is 0 Å². The number of pyridine rings is 1. The van der Waals surface area contributed by atoms with Gasteiger partial charge in [0.1, 0.15) is 6.04 Å². The highest BCUT2D eigenvalue weighted by Gasteiger charge is 2.45. The molecule has 1 aromatic heterocycles. The lowest BCUT2D eigenvalue weighted by Crippen LogP contribution is -2.50. The summed E-state index contributed by atoms with van der Waals surface area (Å²) in [6.45, 7) is 13.1. The standard InChI is InChI=1S/C16H25FN2O2.C7H10N2O.C6H6N2O2.C4H10.CH4/c1-11-4-2-5-12-9-19(10-13(11)12)14(20)8-18-15(21)16(17)6-3-7-16;1-6-2-7(3-8)9(4-6)5-10;9-4-8-6-5(10)2-1-3-7-6;1-4(2)3;/h11-13H,2-10H2,1H3,(H,18,21);5-7H,2,4H2,1H3;1-4,10H,(H,7,8,9);4H,1-3H3;1H4/t11-,12?,13?;6-,7-;;;/m10.../s1. The van der Waals surface area contributed by atoms with Gasteiger partial charge in [-0.15, -0.1) is 0 Å². The molecule has 46 heavy (non-hydrogen) atoms. The van der Waals surface area contributed by atoms with E-state index >= 15 is 0 Å². The first-order chi connectivity index (χ1) is 21.3. The SMILES string of the molecule is C.CC(C)C.C[C@@H]1CCCC2CN(C(=O)CNC(=O)C3(F)CCC3)CC21.C[C@H]1C[C@@H](C#N)N(C=O)C1.O=CNc1ncccc1O. The number of nitriles is 1. The van der Waals surface area contributed by atoms with Crippen molar-refractivity contribution in [2.45, 2.75) is 98.7 Å². The van der Waals surface area contributed by atoms with Gasteiger partial charge in [-0.05, 0) is 73.8 Å². The first-order valence-corrected chi connectivity index (χ1v) is 16.0. The third kappa shape index (κ3) is 12.2. The number of rotatable bonds is 6. The normalized spacial score (nSPS) is 25.1. The van der Waals surface area contributed by atoms with Crippen molar-refractivity contribution in [1.29, 1.82) is 5.26 Å². The molecule has 1 aromatic rings. The number of likely N-dealkylation sites (tertiary alicyclic amines) is 2. The molecule has 4 fully saturated rings. The van der Waals surface area contributed by atoms with Crippen molar-refractivity contribution >= 4 is 30.5 Å². The van der Waals surface area contributed by atoms with Crippen LogP contribution in [0.5, 0.6) is 5.75 Å². The first kappa shape index (κ1) is 40.3. The summed E-state index contributed by atoms with van der Waals surface area (Å²) in [7, 11) is 0. The van der Waals surface area contributed by atoms with E-state index in [2.05, 4.69) is 49.4 Å². The molecule has 3 heterocycles. The molecule has 4 amide bonds. The van der Waals surface area contributed by atoms with E-state index in [1.807, 2.05) is 11.8 Å². The summed E-state index contributed by atoms with van der Waals surface area (Å²) in [6.07, 6.45) is 8.58. The molecule has 2 aliphatic heterocycles. The summed E-state index contributed by atoms with van der Waals surface area (Å²) in [5.74, 6) is 2.70. The second-order valence-electron chi connectivity index (χ2n) is 13.3. The Morgan fingerprint density at radius 1 is 1.17 bits per heavy atom. The Morgan fingerprint density at radius 2 is 1.85 bits per heavy atom. The summed E-state index contributed by atoms with van der Waals surface area (Å²) in [5.41, 5.74) is -1.71. The smallest absolute Gasteiger partial charge is 0.258 e. The molecule has 0 radical (unpaired) electrons. The second kappa shape index (κ2) is 19.7. The molecule has 4 aliphatic rings. The maximum atomic E-state index is 13.9. The van der Waals surface area contributed by atoms with Crippen molar-refractivity contribution in [1.82, 2.24) is 20.1 Å². The summed E-state index contributed by atoms with van der Waals surface area (Å²) < 4.78 is 13.9. The fourth-order valence-electron chi connectivity index (χ4n) is 5.99. The van der Waals surface area contributed by atoms with E-state index in [0.29, 0.717) is 42.9 Å². The number of hydrogen-bond acceptors (Lipinski definition) is 7. The van der Waals surface area contributed by atoms with Crippen LogP contribution in [0.15, 0.2) is 18.3 Å². The van der Waals surface area contributed by atoms with E-state index in [0.717, 1.165) is 44.8 Å². The largest absolute Gasteiger partial charge is 0.504 e. The molecule has 0 spiro atoms. The van der Waals surface area contributed by atoms with Crippen molar-refractivity contribution in [2.24, 2.45) is 29.6 Å². The van der Waals surface area contributed by atoms with Crippen molar-refractivity contribution in [3.8, 4) is 11.8 Å². The second-order valence-corrected chi connectivity index (χ2v) is 13.3. The fraction of sp³-hybridized carbons (Fsp3) is 0.706. The molecular weight excluding hydrogens is 591 g/mol. The van der Waals surface area contributed by atoms with Crippen LogP contribution in [0, 0.1) is 40.9 Å². The predicted molar refractivity (Wildman–Crippen MR) is 176 cm³/mol. The molecule has 5 atom stereocenters. The average Bonchev–Trinajstić information content (AvgIpc) is 3.60. The van der Waals surface area contributed by atoms with Gasteiger partial charge in [-0.2, -0.15) is 5.26 Å². The van der Waals surface area contributed by atoms with Gasteiger partial charge in [0.2, 0.25) is 18.7 Å². The number of halogens is 1. The van der Waals surface area contributed by atoms with Gasteiger partial charge in [-0.25, -0.2) is 9.37 Å². The van der Waals surface area contributed by atoms with E-state index < -0.39 is 11.6 Å². The topological polar surface area (TPSA) is 156 Å². The van der Waals surface area contributed by atoms with Crippen LogP contribution in [-0.4, -0.2) is 82.4 Å². The van der Waals surface area contributed by atoms with Crippen LogP contribution in [0.2, 0.25) is 0 Å². The Bertz CT molecular complexity index is 1150. The molecule has 2 unspecified atom stereocenters. The van der Waals surface area contributed by atoms with Crippen LogP contribution in [0.4, 0.5) is 10.2 Å². The zero-order valence-corrected chi connectivity index (χ0v) is 27.4. The lowest BCUT2D eigenvalue weighted by Gasteiger charge is -2.32. The number of carbonyl (C=O) groups excluding carboxylic acids is 4. The highest BCUT2D eigenvalue weighted by atomic mass is 19.1. The van der Waals surface area contributed by atoms with Crippen LogP contribution in [-0.2, 0) is 19.2 Å². The van der Waals surface area contributed by atoms with Gasteiger partial charge in [-0.1, -0.05) is 54.9 Å². The van der Waals surface area contributed by atoms with Gasteiger partial charge < -0.3 is 25.5 Å². The molecule has 5 rings (SSSR count). The maximum absolute atomic E-state index is 13.9. The summed E-state index contributed by atoms with van der Waals surface area (Å²) in [5, 5.41) is 22.2. The number of aromatic hydroxyl groups is 1. The molecule has 3 N–H and O–H groups in total. The number of fused-ring (bicyclic) bond motifs is 1. The lowest BCUT2D eigenvalue weighted by atomic mass is 9.75. The highest BCUT2D eigenvalue weighted by molar-refractivity contribution is 5.90. The molecule has 2 aliphatic carbocycles. The highest BCUT2D eigenvalue weighted by Crippen LogP contribution is 2.40. The fourth-order valence-corrected chi connectivity index (χ4v) is 5.99. The van der Waals surface area contributed by atoms with Crippen LogP contribution in [0.1, 0.15) is 87.0 Å².